The third kappa shape index (κ3) is 5.02. The van der Waals surface area contributed by atoms with Crippen molar-refractivity contribution in [3.63, 3.8) is 0 Å². The van der Waals surface area contributed by atoms with Gasteiger partial charge < -0.3 is 9.80 Å². The number of pyridine rings is 1. The smallest absolute Gasteiger partial charge is 0.225 e. The topological polar surface area (TPSA) is 36.4 Å². The lowest BCUT2D eigenvalue weighted by Crippen LogP contribution is -2.45. The number of likely N-dealkylation sites (tertiary alicyclic amines) is 2. The number of benzene rings is 1. The number of hydrogen-bond donors (Lipinski definition) is 0. The Balaban J connectivity index is 1.42. The first kappa shape index (κ1) is 20.0. The molecule has 1 aromatic carbocycles. The summed E-state index contributed by atoms with van der Waals surface area (Å²) in [6, 6.07) is 12.8. The molecule has 2 fully saturated rings. The Morgan fingerprint density at radius 3 is 2.69 bits per heavy atom. The van der Waals surface area contributed by atoms with Crippen molar-refractivity contribution in [1.29, 1.82) is 0 Å². The first-order valence-corrected chi connectivity index (χ1v) is 10.8. The molecule has 0 aliphatic carbocycles. The number of carbonyl (C=O) groups is 1. The molecule has 2 aliphatic heterocycles. The summed E-state index contributed by atoms with van der Waals surface area (Å²) in [6.45, 7) is 3.65. The molecule has 5 heteroatoms. The minimum absolute atomic E-state index is 0.178. The third-order valence-electron chi connectivity index (χ3n) is 6.32. The van der Waals surface area contributed by atoms with Gasteiger partial charge in [0.15, 0.2) is 0 Å². The van der Waals surface area contributed by atoms with E-state index in [2.05, 4.69) is 22.9 Å². The van der Waals surface area contributed by atoms with Gasteiger partial charge in [-0.25, -0.2) is 4.39 Å². The fraction of sp³-hybridized carbons (Fsp3) is 0.500. The van der Waals surface area contributed by atoms with Crippen LogP contribution in [0.15, 0.2) is 42.5 Å². The molecule has 1 aromatic heterocycles. The van der Waals surface area contributed by atoms with E-state index in [0.29, 0.717) is 12.3 Å². The second kappa shape index (κ2) is 9.04. The van der Waals surface area contributed by atoms with Gasteiger partial charge in [-0.3, -0.25) is 9.78 Å². The molecule has 0 unspecified atom stereocenters. The Kier molecular flexibility index (Phi) is 6.24. The molecule has 0 N–H and O–H groups in total. The monoisotopic (exact) mass is 395 g/mol. The third-order valence-corrected chi connectivity index (χ3v) is 6.32. The van der Waals surface area contributed by atoms with E-state index in [1.165, 1.54) is 6.07 Å². The highest BCUT2D eigenvalue weighted by Gasteiger charge is 2.31. The molecule has 2 saturated heterocycles. The molecule has 0 radical (unpaired) electrons. The van der Waals surface area contributed by atoms with Crippen LogP contribution in [0.4, 0.5) is 4.39 Å². The van der Waals surface area contributed by atoms with Crippen molar-refractivity contribution in [2.24, 2.45) is 5.92 Å². The van der Waals surface area contributed by atoms with Crippen molar-refractivity contribution in [1.82, 2.24) is 14.8 Å². The Morgan fingerprint density at radius 2 is 1.90 bits per heavy atom. The number of aromatic nitrogens is 1. The van der Waals surface area contributed by atoms with Crippen molar-refractivity contribution in [2.75, 3.05) is 33.2 Å². The second-order valence-corrected chi connectivity index (χ2v) is 8.56. The fourth-order valence-electron chi connectivity index (χ4n) is 4.61. The molecule has 1 amide bonds. The average Bonchev–Trinajstić information content (AvgIpc) is 2.74. The predicted molar refractivity (Wildman–Crippen MR) is 112 cm³/mol. The number of carbonyl (C=O) groups excluding carboxylic acids is 1. The summed E-state index contributed by atoms with van der Waals surface area (Å²) in [6.07, 6.45) is 4.65. The van der Waals surface area contributed by atoms with Crippen LogP contribution in [0.25, 0.3) is 0 Å². The summed E-state index contributed by atoms with van der Waals surface area (Å²) in [4.78, 5) is 22.3. The van der Waals surface area contributed by atoms with Gasteiger partial charge in [0.2, 0.25) is 5.91 Å². The number of piperidine rings is 2. The maximum absolute atomic E-state index is 13.5. The van der Waals surface area contributed by atoms with Gasteiger partial charge in [0.05, 0.1) is 0 Å². The summed E-state index contributed by atoms with van der Waals surface area (Å²) in [5.74, 6) is 0.580. The van der Waals surface area contributed by atoms with Crippen LogP contribution >= 0.6 is 0 Å². The van der Waals surface area contributed by atoms with Crippen LogP contribution in [0, 0.1) is 11.7 Å². The van der Waals surface area contributed by atoms with E-state index in [1.807, 2.05) is 18.2 Å². The Morgan fingerprint density at radius 1 is 1.10 bits per heavy atom. The molecule has 2 aromatic rings. The van der Waals surface area contributed by atoms with Gasteiger partial charge in [-0.1, -0.05) is 18.2 Å². The molecular weight excluding hydrogens is 365 g/mol. The summed E-state index contributed by atoms with van der Waals surface area (Å²) >= 11 is 0. The van der Waals surface area contributed by atoms with E-state index in [9.17, 15) is 9.18 Å². The van der Waals surface area contributed by atoms with Crippen LogP contribution in [0.5, 0.6) is 0 Å². The Hall–Kier alpha value is -2.27. The molecule has 4 nitrogen and oxygen atoms in total. The van der Waals surface area contributed by atoms with E-state index < -0.39 is 0 Å². The van der Waals surface area contributed by atoms with Crippen LogP contribution < -0.4 is 0 Å². The zero-order chi connectivity index (χ0) is 20.2. The number of halogens is 1. The summed E-state index contributed by atoms with van der Waals surface area (Å²) in [7, 11) is 2.13. The summed E-state index contributed by atoms with van der Waals surface area (Å²) < 4.78 is 13.5. The normalized spacial score (nSPS) is 21.3. The molecule has 0 saturated carbocycles. The molecule has 0 bridgehead atoms. The highest BCUT2D eigenvalue weighted by Crippen LogP contribution is 2.28. The average molecular weight is 396 g/mol. The summed E-state index contributed by atoms with van der Waals surface area (Å²) in [5, 5.41) is 0. The minimum atomic E-state index is -0.214. The fourth-order valence-corrected chi connectivity index (χ4v) is 4.61. The van der Waals surface area contributed by atoms with Crippen LogP contribution in [-0.2, 0) is 11.2 Å². The van der Waals surface area contributed by atoms with Crippen molar-refractivity contribution in [2.45, 2.75) is 38.0 Å². The quantitative estimate of drug-likeness (QED) is 0.789. The van der Waals surface area contributed by atoms with E-state index in [1.54, 1.807) is 12.1 Å². The van der Waals surface area contributed by atoms with Crippen LogP contribution in [0.2, 0.25) is 0 Å². The molecule has 4 rings (SSSR count). The predicted octanol–water partition coefficient (Wildman–Crippen LogP) is 3.86. The van der Waals surface area contributed by atoms with Gasteiger partial charge in [0.25, 0.3) is 0 Å². The van der Waals surface area contributed by atoms with Crippen molar-refractivity contribution < 1.29 is 9.18 Å². The highest BCUT2D eigenvalue weighted by atomic mass is 19.1. The largest absolute Gasteiger partial charge is 0.342 e. The van der Waals surface area contributed by atoms with Gasteiger partial charge in [-0.2, -0.15) is 0 Å². The second-order valence-electron chi connectivity index (χ2n) is 8.56. The SMILES string of the molecule is CN1CCC(C(=O)N2CCC[C@@H](c3cccc(Cc4cccc(F)c4)n3)C2)CC1. The van der Waals surface area contributed by atoms with Crippen molar-refractivity contribution >= 4 is 5.91 Å². The molecular formula is C24H30FN3O. The highest BCUT2D eigenvalue weighted by molar-refractivity contribution is 5.79. The number of amides is 1. The lowest BCUT2D eigenvalue weighted by Gasteiger charge is -2.37. The first-order chi connectivity index (χ1) is 14.1. The molecule has 0 spiro atoms. The lowest BCUT2D eigenvalue weighted by molar-refractivity contribution is -0.138. The number of hydrogen-bond acceptors (Lipinski definition) is 3. The van der Waals surface area contributed by atoms with Crippen LogP contribution in [0.3, 0.4) is 0 Å². The number of rotatable bonds is 4. The van der Waals surface area contributed by atoms with Crippen molar-refractivity contribution in [3.05, 3.63) is 65.2 Å². The number of nitrogens with zero attached hydrogens (tertiary/aromatic N) is 3. The maximum Gasteiger partial charge on any atom is 0.225 e. The first-order valence-electron chi connectivity index (χ1n) is 10.8. The van der Waals surface area contributed by atoms with E-state index in [-0.39, 0.29) is 17.7 Å². The minimum Gasteiger partial charge on any atom is -0.342 e. The van der Waals surface area contributed by atoms with E-state index in [4.69, 9.17) is 4.98 Å². The van der Waals surface area contributed by atoms with Gasteiger partial charge >= 0.3 is 0 Å². The standard InChI is InChI=1S/C24H30FN3O/c1-27-13-10-19(11-14-27)24(29)28-12-4-6-20(17-28)23-9-3-8-22(26-23)16-18-5-2-7-21(25)15-18/h2-3,5,7-9,15,19-20H,4,6,10-14,16-17H2,1H3/t20-/m1/s1. The van der Waals surface area contributed by atoms with Gasteiger partial charge in [-0.15, -0.1) is 0 Å². The van der Waals surface area contributed by atoms with Gasteiger partial charge in [0.1, 0.15) is 5.82 Å². The Labute approximate surface area is 172 Å². The zero-order valence-electron chi connectivity index (χ0n) is 17.2. The molecule has 29 heavy (non-hydrogen) atoms. The van der Waals surface area contributed by atoms with Gasteiger partial charge in [-0.05, 0) is 75.6 Å². The zero-order valence-corrected chi connectivity index (χ0v) is 17.2. The van der Waals surface area contributed by atoms with E-state index >= 15 is 0 Å². The summed E-state index contributed by atoms with van der Waals surface area (Å²) in [5.41, 5.74) is 2.93. The molecule has 154 valence electrons. The van der Waals surface area contributed by atoms with E-state index in [0.717, 1.165) is 68.8 Å². The van der Waals surface area contributed by atoms with Crippen molar-refractivity contribution in [3.8, 4) is 0 Å². The maximum atomic E-state index is 13.5. The van der Waals surface area contributed by atoms with Gasteiger partial charge in [0, 0.05) is 42.7 Å². The molecule has 2 aliphatic rings. The molecule has 1 atom stereocenters. The van der Waals surface area contributed by atoms with Crippen LogP contribution in [-0.4, -0.2) is 53.9 Å². The Bertz CT molecular complexity index is 848. The molecule has 3 heterocycles. The van der Waals surface area contributed by atoms with Crippen LogP contribution in [0.1, 0.15) is 48.6 Å². The lowest BCUT2D eigenvalue weighted by atomic mass is 9.90.